The molecular formula is C25H27N3O4. The maximum Gasteiger partial charge on any atom is 0.420 e. The number of hydrogen-bond donors (Lipinski definition) is 0. The molecule has 7 nitrogen and oxygen atoms in total. The van der Waals surface area contributed by atoms with Crippen molar-refractivity contribution < 1.29 is 13.9 Å². The number of rotatable bonds is 5. The van der Waals surface area contributed by atoms with Crippen LogP contribution in [0.4, 0.5) is 0 Å². The van der Waals surface area contributed by atoms with Crippen LogP contribution in [0.1, 0.15) is 30.1 Å². The zero-order valence-electron chi connectivity index (χ0n) is 18.4. The Balaban J connectivity index is 1.46. The molecule has 2 aromatic heterocycles. The third kappa shape index (κ3) is 3.52. The topological polar surface area (TPSA) is 69.6 Å². The van der Waals surface area contributed by atoms with E-state index in [0.29, 0.717) is 5.58 Å². The smallest absolute Gasteiger partial charge is 0.420 e. The largest absolute Gasteiger partial charge is 0.468 e. The van der Waals surface area contributed by atoms with Gasteiger partial charge in [-0.15, -0.1) is 0 Å². The predicted octanol–water partition coefficient (Wildman–Crippen LogP) is 3.87. The number of fused-ring (bicyclic) bond motifs is 2. The Labute approximate surface area is 185 Å². The zero-order valence-corrected chi connectivity index (χ0v) is 18.4. The van der Waals surface area contributed by atoms with E-state index in [9.17, 15) is 9.59 Å². The van der Waals surface area contributed by atoms with Crippen molar-refractivity contribution in [2.24, 2.45) is 0 Å². The third-order valence-electron chi connectivity index (χ3n) is 6.62. The minimum absolute atomic E-state index is 0.0728. The predicted molar refractivity (Wildman–Crippen MR) is 123 cm³/mol. The average Bonchev–Trinajstić information content (AvgIpc) is 3.28. The first-order valence-corrected chi connectivity index (χ1v) is 11.0. The average molecular weight is 434 g/mol. The molecule has 5 rings (SSSR count). The molecule has 0 bridgehead atoms. The highest BCUT2D eigenvalue weighted by atomic mass is 16.5. The highest BCUT2D eigenvalue weighted by molar-refractivity contribution is 5.87. The lowest BCUT2D eigenvalue weighted by Crippen LogP contribution is -2.38. The molecule has 0 saturated carbocycles. The lowest BCUT2D eigenvalue weighted by atomic mass is 10.0. The first-order valence-electron chi connectivity index (χ1n) is 11.0. The second kappa shape index (κ2) is 8.31. The molecule has 0 amide bonds. The quantitative estimate of drug-likeness (QED) is 0.447. The number of aromatic nitrogens is 2. The van der Waals surface area contributed by atoms with Gasteiger partial charge in [-0.3, -0.25) is 14.3 Å². The summed E-state index contributed by atoms with van der Waals surface area (Å²) in [6.45, 7) is 4.77. The minimum Gasteiger partial charge on any atom is -0.468 e. The lowest BCUT2D eigenvalue weighted by molar-refractivity contribution is -0.141. The van der Waals surface area contributed by atoms with Gasteiger partial charge in [-0.05, 0) is 50.1 Å². The fourth-order valence-electron chi connectivity index (χ4n) is 5.04. The van der Waals surface area contributed by atoms with Crippen LogP contribution in [-0.2, 0) is 22.6 Å². The molecule has 0 aliphatic carbocycles. The molecule has 4 aromatic rings. The number of carbonyl (C=O) groups excluding carboxylic acids is 1. The zero-order chi connectivity index (χ0) is 22.2. The Kier molecular flexibility index (Phi) is 5.35. The van der Waals surface area contributed by atoms with Gasteiger partial charge in [0.25, 0.3) is 0 Å². The molecule has 0 spiro atoms. The number of para-hydroxylation sites is 3. The van der Waals surface area contributed by atoms with Gasteiger partial charge in [-0.1, -0.05) is 30.3 Å². The number of methoxy groups -OCH3 is 1. The van der Waals surface area contributed by atoms with E-state index in [0.717, 1.165) is 54.6 Å². The van der Waals surface area contributed by atoms with Gasteiger partial charge < -0.3 is 13.7 Å². The van der Waals surface area contributed by atoms with Crippen molar-refractivity contribution in [2.75, 3.05) is 20.2 Å². The van der Waals surface area contributed by atoms with Gasteiger partial charge in [0, 0.05) is 29.7 Å². The van der Waals surface area contributed by atoms with Crippen LogP contribution in [0.2, 0.25) is 0 Å². The molecule has 1 saturated heterocycles. The van der Waals surface area contributed by atoms with E-state index in [-0.39, 0.29) is 24.3 Å². The summed E-state index contributed by atoms with van der Waals surface area (Å²) in [5.41, 5.74) is 4.82. The third-order valence-corrected chi connectivity index (χ3v) is 6.62. The molecule has 2 aromatic carbocycles. The minimum atomic E-state index is -0.288. The van der Waals surface area contributed by atoms with E-state index >= 15 is 0 Å². The molecule has 1 aliphatic heterocycles. The van der Waals surface area contributed by atoms with Crippen molar-refractivity contribution in [2.45, 2.75) is 38.9 Å². The Morgan fingerprint density at radius 2 is 1.88 bits per heavy atom. The fourth-order valence-corrected chi connectivity index (χ4v) is 5.04. The van der Waals surface area contributed by atoms with Crippen molar-refractivity contribution in [3.8, 4) is 0 Å². The number of hydrogen-bond acceptors (Lipinski definition) is 5. The number of benzene rings is 2. The van der Waals surface area contributed by atoms with Crippen molar-refractivity contribution in [1.82, 2.24) is 14.0 Å². The summed E-state index contributed by atoms with van der Waals surface area (Å²) >= 11 is 0. The van der Waals surface area contributed by atoms with Gasteiger partial charge in [0.2, 0.25) is 0 Å². The number of carbonyl (C=O) groups is 1. The molecule has 166 valence electrons. The van der Waals surface area contributed by atoms with E-state index < -0.39 is 0 Å². The van der Waals surface area contributed by atoms with Crippen molar-refractivity contribution >= 4 is 28.0 Å². The number of nitrogens with zero attached hydrogens (tertiary/aromatic N) is 3. The van der Waals surface area contributed by atoms with Crippen molar-refractivity contribution in [3.05, 3.63) is 70.3 Å². The molecule has 0 radical (unpaired) electrons. The number of likely N-dealkylation sites (tertiary alicyclic amines) is 1. The number of piperidine rings is 1. The van der Waals surface area contributed by atoms with E-state index in [1.165, 1.54) is 12.7 Å². The van der Waals surface area contributed by atoms with Gasteiger partial charge >= 0.3 is 11.7 Å². The Hall–Kier alpha value is -3.32. The molecule has 7 heteroatoms. The van der Waals surface area contributed by atoms with Crippen LogP contribution >= 0.6 is 0 Å². The summed E-state index contributed by atoms with van der Waals surface area (Å²) in [6, 6.07) is 15.9. The van der Waals surface area contributed by atoms with Crippen LogP contribution in [0.5, 0.6) is 0 Å². The van der Waals surface area contributed by atoms with Gasteiger partial charge in [0.05, 0.1) is 18.7 Å². The normalized spacial score (nSPS) is 17.2. The lowest BCUT2D eigenvalue weighted by Gasteiger charge is -2.33. The molecule has 1 aliphatic rings. The van der Waals surface area contributed by atoms with Crippen LogP contribution in [0, 0.1) is 6.92 Å². The second-order valence-corrected chi connectivity index (χ2v) is 8.48. The van der Waals surface area contributed by atoms with E-state index in [4.69, 9.17) is 9.15 Å². The molecule has 3 heterocycles. The first-order chi connectivity index (χ1) is 15.6. The molecule has 1 fully saturated rings. The standard InChI is InChI=1S/C25H27N3O4/c1-17-20(19-9-3-4-10-21(19)27(17)16-24(29)31-2)15-26-13-7-8-18(14-26)28-22-11-5-6-12-23(22)32-25(28)30/h3-6,9-12,18H,7-8,13-16H2,1-2H3. The molecule has 0 N–H and O–H groups in total. The molecule has 1 unspecified atom stereocenters. The summed E-state index contributed by atoms with van der Waals surface area (Å²) in [5, 5.41) is 1.15. The van der Waals surface area contributed by atoms with Gasteiger partial charge in [0.15, 0.2) is 5.58 Å². The molecule has 32 heavy (non-hydrogen) atoms. The highest BCUT2D eigenvalue weighted by Gasteiger charge is 2.27. The maximum atomic E-state index is 12.6. The van der Waals surface area contributed by atoms with Crippen LogP contribution in [0.15, 0.2) is 57.7 Å². The Morgan fingerprint density at radius 3 is 2.69 bits per heavy atom. The summed E-state index contributed by atoms with van der Waals surface area (Å²) in [5.74, 6) is -0.548. The second-order valence-electron chi connectivity index (χ2n) is 8.48. The van der Waals surface area contributed by atoms with Crippen LogP contribution < -0.4 is 5.76 Å². The number of ether oxygens (including phenoxy) is 1. The number of oxazole rings is 1. The maximum absolute atomic E-state index is 12.6. The summed E-state index contributed by atoms with van der Waals surface area (Å²) in [7, 11) is 1.42. The SMILES string of the molecule is COC(=O)Cn1c(C)c(CN2CCCC(n3c(=O)oc4ccccc43)C2)c2ccccc21. The first kappa shape index (κ1) is 20.6. The number of esters is 1. The van der Waals surface area contributed by atoms with E-state index in [2.05, 4.69) is 17.9 Å². The van der Waals surface area contributed by atoms with Crippen LogP contribution in [0.3, 0.4) is 0 Å². The Morgan fingerprint density at radius 1 is 1.12 bits per heavy atom. The van der Waals surface area contributed by atoms with Crippen LogP contribution in [-0.4, -0.2) is 40.2 Å². The van der Waals surface area contributed by atoms with Crippen LogP contribution in [0.25, 0.3) is 22.0 Å². The summed E-state index contributed by atoms with van der Waals surface area (Å²) in [4.78, 5) is 27.0. The summed E-state index contributed by atoms with van der Waals surface area (Å²) < 4.78 is 14.2. The molecular weight excluding hydrogens is 406 g/mol. The Bertz CT molecular complexity index is 1350. The van der Waals surface area contributed by atoms with Crippen molar-refractivity contribution in [1.29, 1.82) is 0 Å². The monoisotopic (exact) mass is 433 g/mol. The highest BCUT2D eigenvalue weighted by Crippen LogP contribution is 2.30. The van der Waals surface area contributed by atoms with E-state index in [1.807, 2.05) is 51.6 Å². The fraction of sp³-hybridized carbons (Fsp3) is 0.360. The summed E-state index contributed by atoms with van der Waals surface area (Å²) in [6.07, 6.45) is 1.96. The molecule has 1 atom stereocenters. The van der Waals surface area contributed by atoms with Gasteiger partial charge in [-0.25, -0.2) is 4.79 Å². The van der Waals surface area contributed by atoms with Gasteiger partial charge in [-0.2, -0.15) is 0 Å². The van der Waals surface area contributed by atoms with Gasteiger partial charge in [0.1, 0.15) is 6.54 Å². The van der Waals surface area contributed by atoms with E-state index in [1.54, 1.807) is 0 Å². The van der Waals surface area contributed by atoms with Crippen molar-refractivity contribution in [3.63, 3.8) is 0 Å².